The number of unbranched alkanes of at least 4 members (excludes halogenated alkanes) is 8. The maximum absolute atomic E-state index is 14.4. The van der Waals surface area contributed by atoms with Crippen LogP contribution in [0, 0.1) is 11.8 Å². The molecule has 0 aliphatic heterocycles. The van der Waals surface area contributed by atoms with Crippen LogP contribution in [-0.2, 0) is 32.6 Å². The number of aromatic nitrogens is 2. The lowest BCUT2D eigenvalue weighted by Gasteiger charge is -2.50. The third kappa shape index (κ3) is 8.97. The predicted octanol–water partition coefficient (Wildman–Crippen LogP) is 6.70. The van der Waals surface area contributed by atoms with E-state index in [4.69, 9.17) is 0 Å². The number of carbonyl (C=O) groups excluding carboxylic acids is 4. The van der Waals surface area contributed by atoms with Gasteiger partial charge in [-0.25, -0.2) is 0 Å². The van der Waals surface area contributed by atoms with Crippen molar-refractivity contribution in [2.75, 3.05) is 44.6 Å². The number of anilines is 2. The van der Waals surface area contributed by atoms with Gasteiger partial charge in [-0.1, -0.05) is 74.9 Å². The zero-order valence-corrected chi connectivity index (χ0v) is 40.0. The third-order valence-corrected chi connectivity index (χ3v) is 18.4. The van der Waals surface area contributed by atoms with Crippen molar-refractivity contribution in [3.63, 3.8) is 0 Å². The quantitative estimate of drug-likeness (QED) is 0.0292. The van der Waals surface area contributed by atoms with E-state index in [0.29, 0.717) is 17.7 Å². The Morgan fingerprint density at radius 1 is 0.848 bits per heavy atom. The second-order valence-electron chi connectivity index (χ2n) is 18.8. The Morgan fingerprint density at radius 3 is 1.95 bits per heavy atom. The molecule has 1 amide bonds. The Balaban J connectivity index is 0.935. The molecule has 1 saturated carbocycles. The maximum atomic E-state index is 14.4. The van der Waals surface area contributed by atoms with Gasteiger partial charge in [0.2, 0.25) is 11.7 Å². The number of hydrogen-bond donors (Lipinski definition) is 5. The molecule has 350 valence electrons. The molecule has 0 radical (unpaired) electrons. The fourth-order valence-corrected chi connectivity index (χ4v) is 15.1. The van der Waals surface area contributed by atoms with Crippen LogP contribution in [0.5, 0.6) is 5.75 Å². The van der Waals surface area contributed by atoms with E-state index in [-0.39, 0.29) is 42.0 Å². The summed E-state index contributed by atoms with van der Waals surface area (Å²) in [6.07, 6.45) is 15.1. The highest BCUT2D eigenvalue weighted by atomic mass is 31.2. The standard InChI is InChI=1S/C52H64N5O8P/c1-33(58)43-49(62)46(56(4)5)39-29-34-28-38-41(55(2)3)30-40(47(60)45(38)48(61)44(34)51(64)52(39,65)50(43)63)54-42(59)26-20-12-10-8-7-9-11-13-21-27-66(35-22-16-14-17-23-35,36-24-18-15-19-25-36)37-31-53-57(6)32-37/h14-19,22-25,30-32,34,39,46,65H,7-13,20-21,26-29H2,1-6H3,(H3-,54,58,59,60,61,62,63,64)/p+1/t34-,39-,46-,52+/m0/s1. The van der Waals surface area contributed by atoms with Crippen LogP contribution in [0.1, 0.15) is 88.7 Å². The van der Waals surface area contributed by atoms with Gasteiger partial charge in [0.05, 0.1) is 35.8 Å². The number of nitrogens with zero attached hydrogens (tertiary/aromatic N) is 4. The Morgan fingerprint density at radius 2 is 1.42 bits per heavy atom. The van der Waals surface area contributed by atoms with Crippen LogP contribution < -0.4 is 26.1 Å². The van der Waals surface area contributed by atoms with E-state index in [0.717, 1.165) is 58.0 Å². The number of fused-ring (bicyclic) bond motifs is 3. The second-order valence-corrected chi connectivity index (χ2v) is 22.4. The van der Waals surface area contributed by atoms with Gasteiger partial charge in [0, 0.05) is 44.7 Å². The third-order valence-electron chi connectivity index (χ3n) is 14.0. The van der Waals surface area contributed by atoms with Crippen LogP contribution in [0.4, 0.5) is 11.4 Å². The molecule has 3 aromatic carbocycles. The summed E-state index contributed by atoms with van der Waals surface area (Å²) in [6.45, 7) is 1.08. The molecule has 0 spiro atoms. The molecule has 1 aromatic heterocycles. The number of Topliss-reactive ketones (excluding diaryl/α,β-unsaturated/α-hetero) is 3. The summed E-state index contributed by atoms with van der Waals surface area (Å²) >= 11 is 0. The van der Waals surface area contributed by atoms with Gasteiger partial charge in [0.15, 0.2) is 17.2 Å². The number of aryl methyl sites for hydroxylation is 1. The molecule has 4 aromatic rings. The molecule has 4 atom stereocenters. The maximum Gasteiger partial charge on any atom is 0.224 e. The second kappa shape index (κ2) is 20.1. The number of nitrogens with one attached hydrogen (secondary N) is 1. The van der Waals surface area contributed by atoms with E-state index in [1.807, 2.05) is 11.7 Å². The Hall–Kier alpha value is -5.62. The summed E-state index contributed by atoms with van der Waals surface area (Å²) < 4.78 is 1.91. The zero-order valence-electron chi connectivity index (χ0n) is 39.1. The summed E-state index contributed by atoms with van der Waals surface area (Å²) in [5.41, 5.74) is -2.36. The molecular formula is C52H65N5O8P+. The number of ketones is 3. The predicted molar refractivity (Wildman–Crippen MR) is 262 cm³/mol. The van der Waals surface area contributed by atoms with E-state index in [2.05, 4.69) is 83.5 Å². The molecule has 3 aliphatic carbocycles. The van der Waals surface area contributed by atoms with Crippen LogP contribution in [0.25, 0.3) is 5.76 Å². The molecule has 5 N–H and O–H groups in total. The number of aliphatic hydroxyl groups is 3. The van der Waals surface area contributed by atoms with Crippen molar-refractivity contribution < 1.29 is 39.6 Å². The summed E-state index contributed by atoms with van der Waals surface area (Å²) in [5, 5.41) is 58.2. The summed E-state index contributed by atoms with van der Waals surface area (Å²) in [7, 11) is 6.90. The molecule has 0 unspecified atom stereocenters. The number of aliphatic hydroxyl groups excluding tert-OH is 2. The number of likely N-dealkylation sites (N-methyl/N-ethyl adjacent to an activating group) is 1. The molecule has 66 heavy (non-hydrogen) atoms. The lowest BCUT2D eigenvalue weighted by atomic mass is 9.57. The highest BCUT2D eigenvalue weighted by Gasteiger charge is 2.64. The molecule has 0 bridgehead atoms. The van der Waals surface area contributed by atoms with Crippen LogP contribution in [0.15, 0.2) is 96.0 Å². The average molecular weight is 919 g/mol. The first-order valence-corrected chi connectivity index (χ1v) is 25.2. The van der Waals surface area contributed by atoms with Crippen LogP contribution in [0.2, 0.25) is 0 Å². The zero-order chi connectivity index (χ0) is 47.5. The topological polar surface area (TPSA) is 186 Å². The van der Waals surface area contributed by atoms with Gasteiger partial charge in [-0.3, -0.25) is 28.8 Å². The fraction of sp³-hybridized carbons (Fsp3) is 0.442. The van der Waals surface area contributed by atoms with E-state index >= 15 is 0 Å². The average Bonchev–Trinajstić information content (AvgIpc) is 3.72. The molecule has 13 nitrogen and oxygen atoms in total. The minimum absolute atomic E-state index is 0.0242. The molecule has 7 rings (SSSR count). The highest BCUT2D eigenvalue weighted by molar-refractivity contribution is 7.95. The first-order chi connectivity index (χ1) is 31.5. The minimum Gasteiger partial charge on any atom is -0.508 e. The minimum atomic E-state index is -2.66. The van der Waals surface area contributed by atoms with Gasteiger partial charge in [-0.2, -0.15) is 5.10 Å². The number of rotatable bonds is 19. The first kappa shape index (κ1) is 48.3. The summed E-state index contributed by atoms with van der Waals surface area (Å²) in [5.74, 6) is -6.62. The SMILES string of the molecule is CC(=O)C1=C(O)[C@@]2(O)C(=O)C3=C(O)c4c(O)c(NC(=O)CCCCCCCCCCC[P+](c5ccccc5)(c5ccccc5)c5cnn(C)c5)cc(N(C)C)c4C[C@H]3C[C@H]2[C@H](N(C)C)C1=O. The molecule has 0 saturated heterocycles. The number of carbonyl (C=O) groups is 4. The van der Waals surface area contributed by atoms with E-state index in [1.165, 1.54) is 27.2 Å². The lowest BCUT2D eigenvalue weighted by Crippen LogP contribution is -2.65. The van der Waals surface area contributed by atoms with Crippen molar-refractivity contribution in [3.8, 4) is 5.75 Å². The number of phenolic OH excluding ortho intramolecular Hbond substituents is 1. The number of aromatic hydroxyl groups is 1. The van der Waals surface area contributed by atoms with Gasteiger partial charge in [-0.15, -0.1) is 0 Å². The monoisotopic (exact) mass is 918 g/mol. The van der Waals surface area contributed by atoms with Crippen molar-refractivity contribution >= 4 is 63.6 Å². The number of phenols is 1. The normalized spacial score (nSPS) is 20.6. The number of hydrogen-bond acceptors (Lipinski definition) is 11. The van der Waals surface area contributed by atoms with E-state index < -0.39 is 70.9 Å². The molecule has 1 heterocycles. The molecular weight excluding hydrogens is 854 g/mol. The van der Waals surface area contributed by atoms with E-state index in [1.54, 1.807) is 39.2 Å². The van der Waals surface area contributed by atoms with Crippen molar-refractivity contribution in [2.45, 2.75) is 95.6 Å². The molecule has 3 aliphatic rings. The van der Waals surface area contributed by atoms with Gasteiger partial charge < -0.3 is 30.6 Å². The fourth-order valence-electron chi connectivity index (χ4n) is 10.8. The number of amides is 1. The lowest BCUT2D eigenvalue weighted by molar-refractivity contribution is -0.153. The first-order valence-electron chi connectivity index (χ1n) is 23.2. The molecule has 14 heteroatoms. The summed E-state index contributed by atoms with van der Waals surface area (Å²) in [6, 6.07) is 22.4. The Kier molecular flexibility index (Phi) is 14.7. The van der Waals surface area contributed by atoms with Gasteiger partial charge in [0.25, 0.3) is 0 Å². The smallest absolute Gasteiger partial charge is 0.224 e. The van der Waals surface area contributed by atoms with Gasteiger partial charge >= 0.3 is 0 Å². The van der Waals surface area contributed by atoms with Crippen molar-refractivity contribution in [3.05, 3.63) is 107 Å². The number of benzene rings is 3. The highest BCUT2D eigenvalue weighted by Crippen LogP contribution is 2.57. The van der Waals surface area contributed by atoms with Crippen molar-refractivity contribution in [1.82, 2.24) is 14.7 Å². The van der Waals surface area contributed by atoms with Crippen LogP contribution >= 0.6 is 7.26 Å². The van der Waals surface area contributed by atoms with Gasteiger partial charge in [-0.05, 0) is 94.9 Å². The van der Waals surface area contributed by atoms with Crippen molar-refractivity contribution in [2.24, 2.45) is 18.9 Å². The van der Waals surface area contributed by atoms with E-state index in [9.17, 15) is 39.6 Å². The molecule has 1 fully saturated rings. The summed E-state index contributed by atoms with van der Waals surface area (Å²) in [4.78, 5) is 57.0. The largest absolute Gasteiger partial charge is 0.508 e. The van der Waals surface area contributed by atoms with Crippen LogP contribution in [0.3, 0.4) is 0 Å². The van der Waals surface area contributed by atoms with Crippen molar-refractivity contribution in [1.29, 1.82) is 0 Å². The van der Waals surface area contributed by atoms with Crippen LogP contribution in [-0.4, -0.2) is 104 Å². The van der Waals surface area contributed by atoms with Gasteiger partial charge in [0.1, 0.15) is 46.0 Å². The Bertz CT molecular complexity index is 2490. The Labute approximate surface area is 388 Å².